The highest BCUT2D eigenvalue weighted by molar-refractivity contribution is 5.54. The van der Waals surface area contributed by atoms with Crippen LogP contribution >= 0.6 is 0 Å². The number of likely N-dealkylation sites (N-methyl/N-ethyl adjacent to an activating group) is 1. The molecule has 0 saturated carbocycles. The van der Waals surface area contributed by atoms with E-state index in [0.717, 1.165) is 11.1 Å². The van der Waals surface area contributed by atoms with Crippen LogP contribution in [0.25, 0.3) is 0 Å². The maximum Gasteiger partial charge on any atom is 0.231 e. The Hall–Kier alpha value is -1.30. The van der Waals surface area contributed by atoms with Crippen molar-refractivity contribution in [2.45, 2.75) is 12.7 Å². The maximum atomic E-state index is 9.98. The second kappa shape index (κ2) is 5.35. The summed E-state index contributed by atoms with van der Waals surface area (Å²) in [4.78, 5) is 0. The van der Waals surface area contributed by atoms with Gasteiger partial charge in [0.2, 0.25) is 6.79 Å². The lowest BCUT2D eigenvalue weighted by molar-refractivity contribution is 0.154. The molecule has 0 bridgehead atoms. The molecule has 0 fully saturated rings. The number of aliphatic hydroxyl groups excluding tert-OH is 1. The smallest absolute Gasteiger partial charge is 0.231 e. The maximum absolute atomic E-state index is 9.98. The van der Waals surface area contributed by atoms with Crippen LogP contribution in [0.4, 0.5) is 0 Å². The van der Waals surface area contributed by atoms with Gasteiger partial charge in [0.1, 0.15) is 0 Å². The summed E-state index contributed by atoms with van der Waals surface area (Å²) in [6.45, 7) is 1.13. The van der Waals surface area contributed by atoms with Crippen LogP contribution < -0.4 is 14.8 Å². The first-order valence-corrected chi connectivity index (χ1v) is 5.51. The third-order valence-electron chi connectivity index (χ3n) is 2.69. The summed E-state index contributed by atoms with van der Waals surface area (Å²) in [5, 5.41) is 12.9. The molecule has 5 heteroatoms. The zero-order valence-electron chi connectivity index (χ0n) is 10.0. The molecule has 0 aliphatic carbocycles. The number of methoxy groups -OCH3 is 1. The molecule has 1 aromatic carbocycles. The van der Waals surface area contributed by atoms with Crippen LogP contribution in [-0.2, 0) is 11.3 Å². The summed E-state index contributed by atoms with van der Waals surface area (Å²) in [6.07, 6.45) is -0.605. The second-order valence-electron chi connectivity index (χ2n) is 3.89. The lowest BCUT2D eigenvalue weighted by Gasteiger charge is -2.14. The van der Waals surface area contributed by atoms with Gasteiger partial charge in [0.05, 0.1) is 12.7 Å². The number of hydrogen-bond acceptors (Lipinski definition) is 5. The Bertz CT molecular complexity index is 394. The van der Waals surface area contributed by atoms with Crippen LogP contribution in [0.1, 0.15) is 17.2 Å². The number of aliphatic hydroxyl groups is 1. The van der Waals surface area contributed by atoms with Crippen molar-refractivity contribution >= 4 is 0 Å². The van der Waals surface area contributed by atoms with Crippen LogP contribution in [0.5, 0.6) is 11.5 Å². The van der Waals surface area contributed by atoms with Crippen molar-refractivity contribution < 1.29 is 19.3 Å². The molecule has 5 nitrogen and oxygen atoms in total. The first-order valence-electron chi connectivity index (χ1n) is 5.51. The van der Waals surface area contributed by atoms with Crippen molar-refractivity contribution in [2.24, 2.45) is 0 Å². The van der Waals surface area contributed by atoms with E-state index in [0.29, 0.717) is 24.7 Å². The van der Waals surface area contributed by atoms with Crippen molar-refractivity contribution in [3.63, 3.8) is 0 Å². The predicted octanol–water partition coefficient (Wildman–Crippen LogP) is 0.815. The number of rotatable bonds is 5. The average Bonchev–Trinajstić information content (AvgIpc) is 2.79. The first-order chi connectivity index (χ1) is 8.27. The van der Waals surface area contributed by atoms with E-state index in [1.54, 1.807) is 14.2 Å². The zero-order valence-corrected chi connectivity index (χ0v) is 10.0. The Morgan fingerprint density at radius 2 is 2.18 bits per heavy atom. The average molecular weight is 239 g/mol. The minimum Gasteiger partial charge on any atom is -0.453 e. The molecule has 0 saturated heterocycles. The van der Waals surface area contributed by atoms with Gasteiger partial charge in [-0.2, -0.15) is 0 Å². The van der Waals surface area contributed by atoms with E-state index in [2.05, 4.69) is 5.32 Å². The molecule has 1 aliphatic heterocycles. The van der Waals surface area contributed by atoms with E-state index in [1.807, 2.05) is 12.1 Å². The molecule has 1 heterocycles. The molecule has 1 aromatic rings. The van der Waals surface area contributed by atoms with Gasteiger partial charge in [-0.05, 0) is 7.05 Å². The number of benzene rings is 1. The van der Waals surface area contributed by atoms with Crippen molar-refractivity contribution in [1.29, 1.82) is 0 Å². The van der Waals surface area contributed by atoms with Crippen LogP contribution in [0.3, 0.4) is 0 Å². The predicted molar refractivity (Wildman–Crippen MR) is 62.2 cm³/mol. The topological polar surface area (TPSA) is 60.0 Å². The molecular weight excluding hydrogens is 222 g/mol. The third kappa shape index (κ3) is 2.36. The van der Waals surface area contributed by atoms with E-state index in [4.69, 9.17) is 14.2 Å². The van der Waals surface area contributed by atoms with E-state index < -0.39 is 6.10 Å². The van der Waals surface area contributed by atoms with Gasteiger partial charge >= 0.3 is 0 Å². The van der Waals surface area contributed by atoms with Crippen molar-refractivity contribution in [3.05, 3.63) is 23.3 Å². The SMILES string of the molecule is CNCC(O)c1ccc(COC)c2c1OCO2. The van der Waals surface area contributed by atoms with Gasteiger partial charge in [0.25, 0.3) is 0 Å². The number of nitrogens with one attached hydrogen (secondary N) is 1. The Labute approximate surface area is 100 Å². The highest BCUT2D eigenvalue weighted by Crippen LogP contribution is 2.41. The van der Waals surface area contributed by atoms with Gasteiger partial charge in [-0.1, -0.05) is 12.1 Å². The molecule has 0 spiro atoms. The molecule has 1 aliphatic rings. The summed E-state index contributed by atoms with van der Waals surface area (Å²) in [5.74, 6) is 1.31. The van der Waals surface area contributed by atoms with Gasteiger partial charge in [-0.25, -0.2) is 0 Å². The highest BCUT2D eigenvalue weighted by atomic mass is 16.7. The molecule has 1 atom stereocenters. The van der Waals surface area contributed by atoms with Crippen LogP contribution in [0.2, 0.25) is 0 Å². The second-order valence-corrected chi connectivity index (χ2v) is 3.89. The van der Waals surface area contributed by atoms with Crippen molar-refractivity contribution in [1.82, 2.24) is 5.32 Å². The van der Waals surface area contributed by atoms with Crippen LogP contribution in [0, 0.1) is 0 Å². The fourth-order valence-electron chi connectivity index (χ4n) is 1.91. The lowest BCUT2D eigenvalue weighted by Crippen LogP contribution is -2.17. The Balaban J connectivity index is 2.33. The lowest BCUT2D eigenvalue weighted by atomic mass is 10.0. The summed E-state index contributed by atoms with van der Waals surface area (Å²) in [5.41, 5.74) is 1.67. The molecule has 94 valence electrons. The third-order valence-corrected chi connectivity index (χ3v) is 2.69. The van der Waals surface area contributed by atoms with Gasteiger partial charge in [0.15, 0.2) is 11.5 Å². The molecule has 2 rings (SSSR count). The Morgan fingerprint density at radius 1 is 1.41 bits per heavy atom. The number of hydrogen-bond donors (Lipinski definition) is 2. The summed E-state index contributed by atoms with van der Waals surface area (Å²) in [6, 6.07) is 3.75. The minimum atomic E-state index is -0.605. The molecule has 0 aromatic heterocycles. The Kier molecular flexibility index (Phi) is 3.83. The standard InChI is InChI=1S/C12H17NO4/c1-13-5-10(14)9-4-3-8(6-15-2)11-12(9)17-7-16-11/h3-4,10,13-14H,5-7H2,1-2H3. The molecule has 0 amide bonds. The van der Waals surface area contributed by atoms with Crippen molar-refractivity contribution in [2.75, 3.05) is 27.5 Å². The molecule has 17 heavy (non-hydrogen) atoms. The van der Waals surface area contributed by atoms with E-state index in [9.17, 15) is 5.11 Å². The Morgan fingerprint density at radius 3 is 2.88 bits per heavy atom. The van der Waals surface area contributed by atoms with Crippen LogP contribution in [0.15, 0.2) is 12.1 Å². The number of ether oxygens (including phenoxy) is 3. The quantitative estimate of drug-likeness (QED) is 0.796. The minimum absolute atomic E-state index is 0.190. The van der Waals surface area contributed by atoms with Gasteiger partial charge < -0.3 is 24.6 Å². The molecule has 0 radical (unpaired) electrons. The van der Waals surface area contributed by atoms with Crippen LogP contribution in [-0.4, -0.2) is 32.6 Å². The summed E-state index contributed by atoms with van der Waals surface area (Å²) < 4.78 is 15.9. The first kappa shape index (κ1) is 12.2. The van der Waals surface area contributed by atoms with Crippen molar-refractivity contribution in [3.8, 4) is 11.5 Å². The zero-order chi connectivity index (χ0) is 12.3. The van der Waals surface area contributed by atoms with E-state index in [-0.39, 0.29) is 6.79 Å². The van der Waals surface area contributed by atoms with Gasteiger partial charge in [-0.15, -0.1) is 0 Å². The normalized spacial score (nSPS) is 15.0. The summed E-state index contributed by atoms with van der Waals surface area (Å²) in [7, 11) is 3.42. The monoisotopic (exact) mass is 239 g/mol. The largest absolute Gasteiger partial charge is 0.453 e. The number of fused-ring (bicyclic) bond motifs is 1. The summed E-state index contributed by atoms with van der Waals surface area (Å²) >= 11 is 0. The fraction of sp³-hybridized carbons (Fsp3) is 0.500. The van der Waals surface area contributed by atoms with Gasteiger partial charge in [0, 0.05) is 24.8 Å². The molecule has 2 N–H and O–H groups in total. The molecular formula is C12H17NO4. The van der Waals surface area contributed by atoms with E-state index in [1.165, 1.54) is 0 Å². The van der Waals surface area contributed by atoms with E-state index >= 15 is 0 Å². The highest BCUT2D eigenvalue weighted by Gasteiger charge is 2.24. The molecule has 1 unspecified atom stereocenters. The fourth-order valence-corrected chi connectivity index (χ4v) is 1.91. The van der Waals surface area contributed by atoms with Gasteiger partial charge in [-0.3, -0.25) is 0 Å².